The first kappa shape index (κ1) is 15.5. The van der Waals surface area contributed by atoms with E-state index >= 15 is 0 Å². The molecule has 1 aromatic rings. The van der Waals surface area contributed by atoms with Crippen molar-refractivity contribution in [1.82, 2.24) is 10.3 Å². The molecule has 2 rings (SSSR count). The van der Waals surface area contributed by atoms with E-state index in [1.807, 2.05) is 19.4 Å². The van der Waals surface area contributed by atoms with Crippen molar-refractivity contribution >= 4 is 0 Å². The summed E-state index contributed by atoms with van der Waals surface area (Å²) in [6, 6.07) is 2.31. The number of nitrogens with zero attached hydrogens (tertiary/aromatic N) is 1. The molecule has 0 aromatic carbocycles. The van der Waals surface area contributed by atoms with Crippen molar-refractivity contribution in [2.75, 3.05) is 13.7 Å². The number of likely N-dealkylation sites (N-methyl/N-ethyl adjacent to an activating group) is 1. The number of aryl methyl sites for hydroxylation is 1. The summed E-state index contributed by atoms with van der Waals surface area (Å²) in [6.45, 7) is 7.38. The third-order valence-electron chi connectivity index (χ3n) is 4.76. The largest absolute Gasteiger partial charge is 0.373 e. The van der Waals surface area contributed by atoms with Crippen LogP contribution in [0.1, 0.15) is 56.7 Å². The second-order valence-corrected chi connectivity index (χ2v) is 6.13. The molecule has 1 unspecified atom stereocenters. The summed E-state index contributed by atoms with van der Waals surface area (Å²) in [6.07, 6.45) is 8.61. The van der Waals surface area contributed by atoms with Crippen LogP contribution in [0.3, 0.4) is 0 Å². The molecule has 3 nitrogen and oxygen atoms in total. The Bertz CT molecular complexity index is 425. The fourth-order valence-electron chi connectivity index (χ4n) is 3.53. The highest BCUT2D eigenvalue weighted by Crippen LogP contribution is 2.43. The van der Waals surface area contributed by atoms with E-state index in [1.54, 1.807) is 0 Å². The van der Waals surface area contributed by atoms with Gasteiger partial charge in [0.15, 0.2) is 0 Å². The third-order valence-corrected chi connectivity index (χ3v) is 4.76. The number of hydrogen-bond donors (Lipinski definition) is 1. The second-order valence-electron chi connectivity index (χ2n) is 6.13. The number of nitrogens with one attached hydrogen (secondary N) is 1. The number of hydrogen-bond acceptors (Lipinski definition) is 3. The summed E-state index contributed by atoms with van der Waals surface area (Å²) in [5, 5.41) is 3.50. The predicted molar refractivity (Wildman–Crippen MR) is 82.8 cm³/mol. The second kappa shape index (κ2) is 6.68. The van der Waals surface area contributed by atoms with E-state index in [2.05, 4.69) is 37.1 Å². The van der Waals surface area contributed by atoms with Crippen molar-refractivity contribution in [3.8, 4) is 0 Å². The zero-order valence-corrected chi connectivity index (χ0v) is 13.3. The summed E-state index contributed by atoms with van der Waals surface area (Å²) < 4.78 is 6.29. The monoisotopic (exact) mass is 276 g/mol. The minimum absolute atomic E-state index is 0.0796. The Labute approximate surface area is 123 Å². The maximum Gasteiger partial charge on any atom is 0.0876 e. The van der Waals surface area contributed by atoms with Gasteiger partial charge in [0, 0.05) is 19.0 Å². The Kier molecular flexibility index (Phi) is 5.17. The van der Waals surface area contributed by atoms with Gasteiger partial charge >= 0.3 is 0 Å². The summed E-state index contributed by atoms with van der Waals surface area (Å²) in [4.78, 5) is 4.32. The van der Waals surface area contributed by atoms with Crippen LogP contribution in [0.4, 0.5) is 0 Å². The highest BCUT2D eigenvalue weighted by atomic mass is 16.5. The first-order valence-electron chi connectivity index (χ1n) is 7.84. The van der Waals surface area contributed by atoms with Crippen molar-refractivity contribution in [1.29, 1.82) is 0 Å². The lowest BCUT2D eigenvalue weighted by atomic mass is 9.73. The molecule has 0 aliphatic heterocycles. The van der Waals surface area contributed by atoms with Gasteiger partial charge in [0.2, 0.25) is 0 Å². The van der Waals surface area contributed by atoms with E-state index < -0.39 is 0 Å². The van der Waals surface area contributed by atoms with Crippen LogP contribution in [0.2, 0.25) is 0 Å². The van der Waals surface area contributed by atoms with Crippen LogP contribution in [-0.2, 0) is 4.74 Å². The molecular weight excluding hydrogens is 248 g/mol. The van der Waals surface area contributed by atoms with Gasteiger partial charge in [-0.05, 0) is 69.7 Å². The highest BCUT2D eigenvalue weighted by Gasteiger charge is 2.42. The SMILES string of the molecule is CCOC1(C(NC)c2cnccc2C)CCC(C)CC1. The zero-order chi connectivity index (χ0) is 14.6. The molecule has 1 aliphatic rings. The molecular formula is C17H28N2O. The van der Waals surface area contributed by atoms with E-state index in [0.717, 1.165) is 25.4 Å². The Morgan fingerprint density at radius 1 is 1.45 bits per heavy atom. The molecule has 1 aliphatic carbocycles. The van der Waals surface area contributed by atoms with E-state index in [0.29, 0.717) is 0 Å². The fourth-order valence-corrected chi connectivity index (χ4v) is 3.53. The average Bonchev–Trinajstić information content (AvgIpc) is 2.45. The van der Waals surface area contributed by atoms with Gasteiger partial charge in [0.1, 0.15) is 0 Å². The van der Waals surface area contributed by atoms with Crippen LogP contribution in [0.5, 0.6) is 0 Å². The van der Waals surface area contributed by atoms with Gasteiger partial charge in [0.25, 0.3) is 0 Å². The first-order valence-corrected chi connectivity index (χ1v) is 7.84. The van der Waals surface area contributed by atoms with Gasteiger partial charge in [-0.2, -0.15) is 0 Å². The lowest BCUT2D eigenvalue weighted by Gasteiger charge is -2.45. The van der Waals surface area contributed by atoms with Crippen molar-refractivity contribution in [3.63, 3.8) is 0 Å². The molecule has 1 aromatic heterocycles. The van der Waals surface area contributed by atoms with E-state index in [1.165, 1.54) is 24.0 Å². The molecule has 1 fully saturated rings. The van der Waals surface area contributed by atoms with Crippen molar-refractivity contribution in [2.45, 2.75) is 58.1 Å². The van der Waals surface area contributed by atoms with Crippen molar-refractivity contribution < 1.29 is 4.74 Å². The number of aromatic nitrogens is 1. The Balaban J connectivity index is 2.33. The third kappa shape index (κ3) is 3.04. The molecule has 3 heteroatoms. The molecule has 0 amide bonds. The lowest BCUT2D eigenvalue weighted by Crippen LogP contribution is -2.48. The molecule has 1 heterocycles. The number of pyridine rings is 1. The van der Waals surface area contributed by atoms with E-state index in [9.17, 15) is 0 Å². The summed E-state index contributed by atoms with van der Waals surface area (Å²) >= 11 is 0. The lowest BCUT2D eigenvalue weighted by molar-refractivity contribution is -0.0964. The van der Waals surface area contributed by atoms with Crippen LogP contribution in [0.25, 0.3) is 0 Å². The summed E-state index contributed by atoms with van der Waals surface area (Å²) in [7, 11) is 2.04. The number of rotatable bonds is 5. The molecule has 112 valence electrons. The normalized spacial score (nSPS) is 28.3. The maximum atomic E-state index is 6.29. The summed E-state index contributed by atoms with van der Waals surface area (Å²) in [5.74, 6) is 0.816. The smallest absolute Gasteiger partial charge is 0.0876 e. The van der Waals surface area contributed by atoms with Crippen LogP contribution >= 0.6 is 0 Å². The standard InChI is InChI=1S/C17H28N2O/c1-5-20-17(9-6-13(2)7-10-17)16(18-4)15-12-19-11-8-14(15)3/h8,11-13,16,18H,5-7,9-10H2,1-4H3. The minimum atomic E-state index is -0.0796. The molecule has 1 saturated carbocycles. The molecule has 20 heavy (non-hydrogen) atoms. The number of ether oxygens (including phenoxy) is 1. The first-order chi connectivity index (χ1) is 9.63. The molecule has 0 bridgehead atoms. The maximum absolute atomic E-state index is 6.29. The van der Waals surface area contributed by atoms with Crippen LogP contribution < -0.4 is 5.32 Å². The van der Waals surface area contributed by atoms with Crippen molar-refractivity contribution in [2.24, 2.45) is 5.92 Å². The fraction of sp³-hybridized carbons (Fsp3) is 0.706. The summed E-state index contributed by atoms with van der Waals surface area (Å²) in [5.41, 5.74) is 2.49. The molecule has 0 radical (unpaired) electrons. The van der Waals surface area contributed by atoms with Crippen LogP contribution in [0.15, 0.2) is 18.5 Å². The molecule has 0 spiro atoms. The topological polar surface area (TPSA) is 34.1 Å². The van der Waals surface area contributed by atoms with Crippen molar-refractivity contribution in [3.05, 3.63) is 29.6 Å². The highest BCUT2D eigenvalue weighted by molar-refractivity contribution is 5.28. The predicted octanol–water partition coefficient (Wildman–Crippen LogP) is 3.64. The molecule has 1 atom stereocenters. The van der Waals surface area contributed by atoms with Crippen LogP contribution in [0, 0.1) is 12.8 Å². The van der Waals surface area contributed by atoms with E-state index in [4.69, 9.17) is 4.74 Å². The van der Waals surface area contributed by atoms with Gasteiger partial charge < -0.3 is 10.1 Å². The Hall–Kier alpha value is -0.930. The molecule has 1 N–H and O–H groups in total. The van der Waals surface area contributed by atoms with Crippen LogP contribution in [-0.4, -0.2) is 24.2 Å². The Morgan fingerprint density at radius 3 is 2.70 bits per heavy atom. The quantitative estimate of drug-likeness (QED) is 0.891. The Morgan fingerprint density at radius 2 is 2.15 bits per heavy atom. The zero-order valence-electron chi connectivity index (χ0n) is 13.3. The van der Waals surface area contributed by atoms with E-state index in [-0.39, 0.29) is 11.6 Å². The minimum Gasteiger partial charge on any atom is -0.373 e. The van der Waals surface area contributed by atoms with Gasteiger partial charge in [0.05, 0.1) is 11.6 Å². The average molecular weight is 276 g/mol. The molecule has 0 saturated heterocycles. The van der Waals surface area contributed by atoms with Gasteiger partial charge in [-0.1, -0.05) is 6.92 Å². The van der Waals surface area contributed by atoms with Gasteiger partial charge in [-0.3, -0.25) is 4.98 Å². The van der Waals surface area contributed by atoms with Gasteiger partial charge in [-0.25, -0.2) is 0 Å². The van der Waals surface area contributed by atoms with Gasteiger partial charge in [-0.15, -0.1) is 0 Å².